The maximum absolute atomic E-state index is 13.9. The van der Waals surface area contributed by atoms with Crippen LogP contribution in [-0.2, 0) is 16.1 Å². The molecule has 0 radical (unpaired) electrons. The molecule has 0 N–H and O–H groups in total. The number of benzene rings is 2. The summed E-state index contributed by atoms with van der Waals surface area (Å²) in [6.07, 6.45) is 0. The summed E-state index contributed by atoms with van der Waals surface area (Å²) in [7, 11) is 0. The number of para-hydroxylation sites is 1. The summed E-state index contributed by atoms with van der Waals surface area (Å²) in [4.78, 5) is 16.0. The molecule has 1 aromatic heterocycles. The van der Waals surface area contributed by atoms with Crippen molar-refractivity contribution in [2.45, 2.75) is 6.61 Å². The number of amides is 1. The van der Waals surface area contributed by atoms with E-state index < -0.39 is 0 Å². The Kier molecular flexibility index (Phi) is 6.04. The molecular formula is C22H21F2N3O3. The Hall–Kier alpha value is -3.26. The van der Waals surface area contributed by atoms with Crippen molar-refractivity contribution in [1.29, 1.82) is 0 Å². The Labute approximate surface area is 172 Å². The van der Waals surface area contributed by atoms with Crippen LogP contribution >= 0.6 is 0 Å². The zero-order valence-corrected chi connectivity index (χ0v) is 16.3. The number of nitrogens with zero attached hydrogens (tertiary/aromatic N) is 3. The first-order valence-corrected chi connectivity index (χ1v) is 9.67. The highest BCUT2D eigenvalue weighted by Crippen LogP contribution is 2.22. The zero-order chi connectivity index (χ0) is 20.9. The van der Waals surface area contributed by atoms with Gasteiger partial charge < -0.3 is 19.1 Å². The van der Waals surface area contributed by atoms with Gasteiger partial charge in [0.25, 0.3) is 0 Å². The van der Waals surface area contributed by atoms with Gasteiger partial charge in [-0.25, -0.2) is 8.78 Å². The minimum atomic E-state index is -0.324. The van der Waals surface area contributed by atoms with Gasteiger partial charge in [-0.05, 0) is 36.4 Å². The molecule has 0 bridgehead atoms. The van der Waals surface area contributed by atoms with Gasteiger partial charge >= 0.3 is 0 Å². The number of rotatable bonds is 6. The average molecular weight is 413 g/mol. The number of piperazine rings is 1. The Bertz CT molecular complexity index is 999. The van der Waals surface area contributed by atoms with E-state index >= 15 is 0 Å². The number of halogens is 2. The number of aromatic nitrogens is 1. The van der Waals surface area contributed by atoms with Gasteiger partial charge in [-0.15, -0.1) is 0 Å². The van der Waals surface area contributed by atoms with Crippen molar-refractivity contribution in [2.75, 3.05) is 37.7 Å². The lowest BCUT2D eigenvalue weighted by Gasteiger charge is -2.36. The highest BCUT2D eigenvalue weighted by atomic mass is 19.1. The Morgan fingerprint density at radius 1 is 1.03 bits per heavy atom. The Balaban J connectivity index is 1.23. The molecule has 0 spiro atoms. The molecule has 0 unspecified atom stereocenters. The molecule has 2 aromatic carbocycles. The summed E-state index contributed by atoms with van der Waals surface area (Å²) in [6, 6.07) is 14.2. The molecular weight excluding hydrogens is 392 g/mol. The van der Waals surface area contributed by atoms with E-state index in [1.165, 1.54) is 18.2 Å². The summed E-state index contributed by atoms with van der Waals surface area (Å²) in [5.74, 6) is -0.196. The van der Waals surface area contributed by atoms with E-state index in [1.807, 2.05) is 4.90 Å². The van der Waals surface area contributed by atoms with Gasteiger partial charge in [0.2, 0.25) is 5.91 Å². The standard InChI is InChI=1S/C22H21F2N3O3/c23-17-7-5-16(6-8-17)21-13-18(25-30-21)14-29-15-22(28)27-11-9-26(10-12-27)20-4-2-1-3-19(20)24/h1-8,13H,9-12,14-15H2. The highest BCUT2D eigenvalue weighted by Gasteiger charge is 2.22. The van der Waals surface area contributed by atoms with Crippen molar-refractivity contribution in [1.82, 2.24) is 10.1 Å². The zero-order valence-electron chi connectivity index (χ0n) is 16.3. The molecule has 1 amide bonds. The second kappa shape index (κ2) is 9.04. The lowest BCUT2D eigenvalue weighted by molar-refractivity contribution is -0.136. The van der Waals surface area contributed by atoms with Crippen LogP contribution in [0.2, 0.25) is 0 Å². The third kappa shape index (κ3) is 4.65. The van der Waals surface area contributed by atoms with Crippen LogP contribution in [0, 0.1) is 11.6 Å². The first-order chi connectivity index (χ1) is 14.6. The third-order valence-electron chi connectivity index (χ3n) is 4.99. The minimum absolute atomic E-state index is 0.0710. The number of carbonyl (C=O) groups is 1. The predicted molar refractivity (Wildman–Crippen MR) is 107 cm³/mol. The summed E-state index contributed by atoms with van der Waals surface area (Å²) in [5.41, 5.74) is 1.81. The van der Waals surface area contributed by atoms with E-state index in [0.717, 1.165) is 0 Å². The van der Waals surface area contributed by atoms with Gasteiger partial charge in [0.05, 0.1) is 12.3 Å². The maximum atomic E-state index is 13.9. The number of hydrogen-bond donors (Lipinski definition) is 0. The van der Waals surface area contributed by atoms with Crippen molar-refractivity contribution >= 4 is 11.6 Å². The van der Waals surface area contributed by atoms with Gasteiger partial charge in [0.1, 0.15) is 23.9 Å². The average Bonchev–Trinajstić information content (AvgIpc) is 3.23. The number of anilines is 1. The summed E-state index contributed by atoms with van der Waals surface area (Å²) < 4.78 is 37.7. The van der Waals surface area contributed by atoms with Gasteiger partial charge in [-0.1, -0.05) is 17.3 Å². The summed E-state index contributed by atoms with van der Waals surface area (Å²) in [6.45, 7) is 2.21. The second-order valence-electron chi connectivity index (χ2n) is 7.00. The molecule has 6 nitrogen and oxygen atoms in total. The fourth-order valence-electron chi connectivity index (χ4n) is 3.37. The van der Waals surface area contributed by atoms with Gasteiger partial charge in [-0.3, -0.25) is 4.79 Å². The van der Waals surface area contributed by atoms with Crippen molar-refractivity contribution in [3.63, 3.8) is 0 Å². The van der Waals surface area contributed by atoms with E-state index in [2.05, 4.69) is 5.16 Å². The van der Waals surface area contributed by atoms with Crippen LogP contribution in [0.5, 0.6) is 0 Å². The molecule has 156 valence electrons. The largest absolute Gasteiger partial charge is 0.366 e. The van der Waals surface area contributed by atoms with Crippen LogP contribution in [0.15, 0.2) is 59.1 Å². The number of ether oxygens (including phenoxy) is 1. The quantitative estimate of drug-likeness (QED) is 0.619. The fraction of sp³-hybridized carbons (Fsp3) is 0.273. The van der Waals surface area contributed by atoms with E-state index in [9.17, 15) is 13.6 Å². The predicted octanol–water partition coefficient (Wildman–Crippen LogP) is 3.49. The number of hydrogen-bond acceptors (Lipinski definition) is 5. The fourth-order valence-corrected chi connectivity index (χ4v) is 3.37. The van der Waals surface area contributed by atoms with Crippen LogP contribution < -0.4 is 4.90 Å². The third-order valence-corrected chi connectivity index (χ3v) is 4.99. The molecule has 2 heterocycles. The van der Waals surface area contributed by atoms with Crippen LogP contribution in [-0.4, -0.2) is 48.7 Å². The van der Waals surface area contributed by atoms with Gasteiger partial charge in [0, 0.05) is 37.8 Å². The van der Waals surface area contributed by atoms with Crippen molar-refractivity contribution in [3.05, 3.63) is 71.9 Å². The van der Waals surface area contributed by atoms with Crippen molar-refractivity contribution in [3.8, 4) is 11.3 Å². The molecule has 1 aliphatic heterocycles. The van der Waals surface area contributed by atoms with Crippen LogP contribution in [0.4, 0.5) is 14.5 Å². The topological polar surface area (TPSA) is 58.8 Å². The molecule has 30 heavy (non-hydrogen) atoms. The number of carbonyl (C=O) groups excluding carboxylic acids is 1. The first-order valence-electron chi connectivity index (χ1n) is 9.67. The Morgan fingerprint density at radius 3 is 2.50 bits per heavy atom. The molecule has 0 aliphatic carbocycles. The maximum Gasteiger partial charge on any atom is 0.248 e. The van der Waals surface area contributed by atoms with Crippen LogP contribution in [0.1, 0.15) is 5.69 Å². The highest BCUT2D eigenvalue weighted by molar-refractivity contribution is 5.77. The normalized spacial score (nSPS) is 14.2. The van der Waals surface area contributed by atoms with E-state index in [1.54, 1.807) is 41.3 Å². The van der Waals surface area contributed by atoms with E-state index in [0.29, 0.717) is 48.9 Å². The lowest BCUT2D eigenvalue weighted by Crippen LogP contribution is -2.50. The molecule has 1 saturated heterocycles. The second-order valence-corrected chi connectivity index (χ2v) is 7.00. The van der Waals surface area contributed by atoms with Crippen LogP contribution in [0.3, 0.4) is 0 Å². The molecule has 0 saturated carbocycles. The molecule has 0 atom stereocenters. The van der Waals surface area contributed by atoms with Gasteiger partial charge in [0.15, 0.2) is 5.76 Å². The Morgan fingerprint density at radius 2 is 1.77 bits per heavy atom. The smallest absolute Gasteiger partial charge is 0.248 e. The minimum Gasteiger partial charge on any atom is -0.366 e. The van der Waals surface area contributed by atoms with E-state index in [-0.39, 0.29) is 30.8 Å². The van der Waals surface area contributed by atoms with Crippen molar-refractivity contribution in [2.24, 2.45) is 0 Å². The molecule has 1 aliphatic rings. The first kappa shape index (κ1) is 20.0. The van der Waals surface area contributed by atoms with Gasteiger partial charge in [-0.2, -0.15) is 0 Å². The van der Waals surface area contributed by atoms with Crippen LogP contribution in [0.25, 0.3) is 11.3 Å². The molecule has 4 rings (SSSR count). The molecule has 3 aromatic rings. The monoisotopic (exact) mass is 413 g/mol. The van der Waals surface area contributed by atoms with E-state index in [4.69, 9.17) is 9.26 Å². The SMILES string of the molecule is O=C(COCc1cc(-c2ccc(F)cc2)on1)N1CCN(c2ccccc2F)CC1. The molecule has 8 heteroatoms. The lowest BCUT2D eigenvalue weighted by atomic mass is 10.1. The van der Waals surface area contributed by atoms with Crippen molar-refractivity contribution < 1.29 is 22.8 Å². The molecule has 1 fully saturated rings. The summed E-state index contributed by atoms with van der Waals surface area (Å²) >= 11 is 0. The summed E-state index contributed by atoms with van der Waals surface area (Å²) in [5, 5.41) is 3.92.